The fourth-order valence-electron chi connectivity index (χ4n) is 2.72. The van der Waals surface area contributed by atoms with Crippen molar-refractivity contribution in [1.29, 1.82) is 0 Å². The Balaban J connectivity index is 1.74. The molecule has 0 spiro atoms. The highest BCUT2D eigenvalue weighted by Crippen LogP contribution is 2.37. The molecule has 1 aliphatic rings. The molecular formula is C18H19ClN2O5S. The molecule has 144 valence electrons. The van der Waals surface area contributed by atoms with Crippen LogP contribution >= 0.6 is 11.6 Å². The summed E-state index contributed by atoms with van der Waals surface area (Å²) in [5, 5.41) is 3.15. The summed E-state index contributed by atoms with van der Waals surface area (Å²) in [7, 11) is -2.02. The van der Waals surface area contributed by atoms with Gasteiger partial charge in [0.2, 0.25) is 10.0 Å². The van der Waals surface area contributed by atoms with Gasteiger partial charge in [0, 0.05) is 11.6 Å². The number of nitrogens with one attached hydrogen (secondary N) is 1. The van der Waals surface area contributed by atoms with Crippen molar-refractivity contribution in [2.45, 2.75) is 12.6 Å². The summed E-state index contributed by atoms with van der Waals surface area (Å²) in [5.41, 5.74) is 1.20. The van der Waals surface area contributed by atoms with Gasteiger partial charge in [-0.1, -0.05) is 23.7 Å². The minimum Gasteiger partial charge on any atom is -0.497 e. The van der Waals surface area contributed by atoms with Gasteiger partial charge in [-0.15, -0.1) is 0 Å². The number of ether oxygens (including phenoxy) is 2. The van der Waals surface area contributed by atoms with Crippen LogP contribution in [0.1, 0.15) is 5.56 Å². The minimum absolute atomic E-state index is 0.124. The highest BCUT2D eigenvalue weighted by molar-refractivity contribution is 7.92. The summed E-state index contributed by atoms with van der Waals surface area (Å²) in [6.07, 6.45) is 0.113. The first-order valence-corrected chi connectivity index (χ1v) is 10.3. The molecule has 27 heavy (non-hydrogen) atoms. The van der Waals surface area contributed by atoms with Crippen molar-refractivity contribution in [3.63, 3.8) is 0 Å². The highest BCUT2D eigenvalue weighted by Gasteiger charge is 2.35. The predicted octanol–water partition coefficient (Wildman–Crippen LogP) is 2.19. The third-order valence-corrected chi connectivity index (χ3v) is 5.49. The standard InChI is InChI=1S/C18H19ClN2O5S/c1-25-14-6-3-12(4-7-14)10-20-18(22)17-11-21(27(2,23)24)15-9-13(19)5-8-16(15)26-17/h3-9,17H,10-11H2,1-2H3,(H,20,22). The number of fused-ring (bicyclic) bond motifs is 1. The van der Waals surface area contributed by atoms with Gasteiger partial charge in [0.05, 0.1) is 25.6 Å². The van der Waals surface area contributed by atoms with Crippen LogP contribution in [0, 0.1) is 0 Å². The summed E-state index contributed by atoms with van der Waals surface area (Å²) in [6.45, 7) is 0.162. The Kier molecular flexibility index (Phi) is 5.48. The van der Waals surface area contributed by atoms with Gasteiger partial charge in [-0.2, -0.15) is 0 Å². The fourth-order valence-corrected chi connectivity index (χ4v) is 3.79. The summed E-state index contributed by atoms with van der Waals surface area (Å²) in [4.78, 5) is 12.5. The van der Waals surface area contributed by atoms with E-state index < -0.39 is 22.0 Å². The molecule has 2 aromatic carbocycles. The number of nitrogens with zero attached hydrogens (tertiary/aromatic N) is 1. The number of benzene rings is 2. The van der Waals surface area contributed by atoms with Gasteiger partial charge in [0.25, 0.3) is 5.91 Å². The number of anilines is 1. The number of carbonyl (C=O) groups excluding carboxylic acids is 1. The molecule has 3 rings (SSSR count). The number of halogens is 1. The van der Waals surface area contributed by atoms with Crippen LogP contribution in [0.4, 0.5) is 5.69 Å². The van der Waals surface area contributed by atoms with Crippen molar-refractivity contribution in [2.75, 3.05) is 24.2 Å². The molecule has 1 heterocycles. The van der Waals surface area contributed by atoms with Crippen LogP contribution in [-0.4, -0.2) is 40.3 Å². The SMILES string of the molecule is COc1ccc(CNC(=O)C2CN(S(C)(=O)=O)c3cc(Cl)ccc3O2)cc1. The second-order valence-corrected chi connectivity index (χ2v) is 8.42. The fraction of sp³-hybridized carbons (Fsp3) is 0.278. The van der Waals surface area contributed by atoms with Crippen LogP contribution < -0.4 is 19.1 Å². The van der Waals surface area contributed by atoms with E-state index in [4.69, 9.17) is 21.1 Å². The van der Waals surface area contributed by atoms with Crippen molar-refractivity contribution in [2.24, 2.45) is 0 Å². The Labute approximate surface area is 162 Å². The van der Waals surface area contributed by atoms with E-state index >= 15 is 0 Å². The zero-order valence-corrected chi connectivity index (χ0v) is 16.4. The first-order valence-electron chi connectivity index (χ1n) is 8.12. The lowest BCUT2D eigenvalue weighted by Gasteiger charge is -2.34. The maximum atomic E-state index is 12.5. The van der Waals surface area contributed by atoms with E-state index in [1.54, 1.807) is 31.4 Å². The van der Waals surface area contributed by atoms with Gasteiger partial charge in [-0.05, 0) is 35.9 Å². The minimum atomic E-state index is -3.60. The van der Waals surface area contributed by atoms with E-state index in [-0.39, 0.29) is 13.1 Å². The van der Waals surface area contributed by atoms with E-state index in [0.717, 1.165) is 21.9 Å². The number of hydrogen-bond donors (Lipinski definition) is 1. The molecule has 1 amide bonds. The molecule has 0 aliphatic carbocycles. The topological polar surface area (TPSA) is 84.9 Å². The lowest BCUT2D eigenvalue weighted by Crippen LogP contribution is -2.50. The van der Waals surface area contributed by atoms with Crippen molar-refractivity contribution in [1.82, 2.24) is 5.32 Å². The molecule has 1 aliphatic heterocycles. The molecular weight excluding hydrogens is 392 g/mol. The van der Waals surface area contributed by atoms with Gasteiger partial charge < -0.3 is 14.8 Å². The Hall–Kier alpha value is -2.45. The first-order chi connectivity index (χ1) is 12.8. The van der Waals surface area contributed by atoms with Crippen LogP contribution in [-0.2, 0) is 21.4 Å². The Morgan fingerprint density at radius 1 is 1.30 bits per heavy atom. The number of rotatable bonds is 5. The average molecular weight is 411 g/mol. The van der Waals surface area contributed by atoms with E-state index in [1.165, 1.54) is 6.07 Å². The Morgan fingerprint density at radius 2 is 2.00 bits per heavy atom. The summed E-state index contributed by atoms with van der Waals surface area (Å²) < 4.78 is 36.2. The van der Waals surface area contributed by atoms with Crippen LogP contribution in [0.5, 0.6) is 11.5 Å². The number of hydrogen-bond acceptors (Lipinski definition) is 5. The normalized spacial score (nSPS) is 16.3. The third-order valence-electron chi connectivity index (χ3n) is 4.11. The number of methoxy groups -OCH3 is 1. The first kappa shape index (κ1) is 19.3. The van der Waals surface area contributed by atoms with Gasteiger partial charge in [-0.3, -0.25) is 9.10 Å². The third kappa shape index (κ3) is 4.45. The van der Waals surface area contributed by atoms with E-state index in [9.17, 15) is 13.2 Å². The van der Waals surface area contributed by atoms with Crippen molar-refractivity contribution in [3.8, 4) is 11.5 Å². The van der Waals surface area contributed by atoms with Crippen molar-refractivity contribution < 1.29 is 22.7 Å². The molecule has 0 saturated carbocycles. The zero-order chi connectivity index (χ0) is 19.6. The smallest absolute Gasteiger partial charge is 0.263 e. The van der Waals surface area contributed by atoms with Gasteiger partial charge >= 0.3 is 0 Å². The Bertz CT molecular complexity index is 947. The maximum absolute atomic E-state index is 12.5. The molecule has 0 radical (unpaired) electrons. The van der Waals surface area contributed by atoms with Crippen LogP contribution in [0.2, 0.25) is 5.02 Å². The van der Waals surface area contributed by atoms with E-state index in [2.05, 4.69) is 5.32 Å². The zero-order valence-electron chi connectivity index (χ0n) is 14.8. The molecule has 7 nitrogen and oxygen atoms in total. The van der Waals surface area contributed by atoms with E-state index in [1.807, 2.05) is 12.1 Å². The molecule has 0 aromatic heterocycles. The largest absolute Gasteiger partial charge is 0.497 e. The monoisotopic (exact) mass is 410 g/mol. The molecule has 1 atom stereocenters. The lowest BCUT2D eigenvalue weighted by molar-refractivity contribution is -0.127. The number of carbonyl (C=O) groups is 1. The summed E-state index contributed by atoms with van der Waals surface area (Å²) in [5.74, 6) is 0.612. The summed E-state index contributed by atoms with van der Waals surface area (Å²) >= 11 is 5.96. The van der Waals surface area contributed by atoms with Gasteiger partial charge in [0.1, 0.15) is 11.5 Å². The predicted molar refractivity (Wildman–Crippen MR) is 103 cm³/mol. The number of amides is 1. The average Bonchev–Trinajstić information content (AvgIpc) is 2.64. The quantitative estimate of drug-likeness (QED) is 0.816. The molecule has 0 saturated heterocycles. The van der Waals surface area contributed by atoms with Crippen LogP contribution in [0.3, 0.4) is 0 Å². The number of sulfonamides is 1. The molecule has 9 heteroatoms. The molecule has 0 bridgehead atoms. The highest BCUT2D eigenvalue weighted by atomic mass is 35.5. The van der Waals surface area contributed by atoms with Gasteiger partial charge in [-0.25, -0.2) is 8.42 Å². The van der Waals surface area contributed by atoms with Gasteiger partial charge in [0.15, 0.2) is 6.10 Å². The van der Waals surface area contributed by atoms with Crippen molar-refractivity contribution >= 4 is 33.2 Å². The second-order valence-electron chi connectivity index (χ2n) is 6.08. The molecule has 0 fully saturated rings. The maximum Gasteiger partial charge on any atom is 0.263 e. The molecule has 2 aromatic rings. The van der Waals surface area contributed by atoms with Crippen LogP contribution in [0.15, 0.2) is 42.5 Å². The Morgan fingerprint density at radius 3 is 2.63 bits per heavy atom. The van der Waals surface area contributed by atoms with Crippen molar-refractivity contribution in [3.05, 3.63) is 53.1 Å². The second kappa shape index (κ2) is 7.66. The molecule has 1 N–H and O–H groups in total. The summed E-state index contributed by atoms with van der Waals surface area (Å²) in [6, 6.07) is 11.9. The van der Waals surface area contributed by atoms with Crippen LogP contribution in [0.25, 0.3) is 0 Å². The lowest BCUT2D eigenvalue weighted by atomic mass is 10.2. The van der Waals surface area contributed by atoms with E-state index in [0.29, 0.717) is 16.5 Å². The molecule has 1 unspecified atom stereocenters.